The normalized spacial score (nSPS) is 17.5. The Kier molecular flexibility index (Phi) is 5.33. The Balaban J connectivity index is 1.40. The third-order valence-corrected chi connectivity index (χ3v) is 7.56. The third kappa shape index (κ3) is 3.44. The molecule has 0 atom stereocenters. The molecule has 3 heterocycles. The smallest absolute Gasteiger partial charge is 0.263 e. The van der Waals surface area contributed by atoms with Gasteiger partial charge >= 0.3 is 0 Å². The molecule has 1 saturated heterocycles. The van der Waals surface area contributed by atoms with E-state index < -0.39 is 0 Å². The van der Waals surface area contributed by atoms with E-state index in [1.54, 1.807) is 17.4 Å². The summed E-state index contributed by atoms with van der Waals surface area (Å²) in [7, 11) is 0. The number of hydrogen-bond donors (Lipinski definition) is 0. The minimum absolute atomic E-state index is 0.116. The van der Waals surface area contributed by atoms with Gasteiger partial charge in [-0.2, -0.15) is 0 Å². The highest BCUT2D eigenvalue weighted by molar-refractivity contribution is 7.18. The van der Waals surface area contributed by atoms with Crippen molar-refractivity contribution in [2.75, 3.05) is 31.1 Å². The number of fused-ring (bicyclic) bond motifs is 3. The molecule has 0 spiro atoms. The number of hydrogen-bond acceptors (Lipinski definition) is 5. The van der Waals surface area contributed by atoms with Crippen LogP contribution in [-0.2, 0) is 25.9 Å². The van der Waals surface area contributed by atoms with Crippen molar-refractivity contribution < 1.29 is 4.39 Å². The fraction of sp³-hybridized carbons (Fsp3) is 0.478. The van der Waals surface area contributed by atoms with Crippen molar-refractivity contribution in [2.24, 2.45) is 0 Å². The van der Waals surface area contributed by atoms with E-state index in [-0.39, 0.29) is 11.4 Å². The van der Waals surface area contributed by atoms with Crippen LogP contribution in [0.3, 0.4) is 0 Å². The Bertz CT molecular complexity index is 1130. The van der Waals surface area contributed by atoms with E-state index in [1.165, 1.54) is 22.9 Å². The Morgan fingerprint density at radius 1 is 1.10 bits per heavy atom. The zero-order valence-corrected chi connectivity index (χ0v) is 18.2. The molecule has 5 rings (SSSR count). The summed E-state index contributed by atoms with van der Waals surface area (Å²) in [6.07, 6.45) is 4.45. The molecule has 2 aliphatic rings. The predicted octanol–water partition coefficient (Wildman–Crippen LogP) is 3.82. The Labute approximate surface area is 179 Å². The predicted molar refractivity (Wildman–Crippen MR) is 120 cm³/mol. The molecule has 1 aromatic carbocycles. The number of thiophene rings is 1. The largest absolute Gasteiger partial charge is 0.340 e. The summed E-state index contributed by atoms with van der Waals surface area (Å²) < 4.78 is 15.8. The van der Waals surface area contributed by atoms with Crippen molar-refractivity contribution >= 4 is 27.5 Å². The number of piperazine rings is 1. The molecule has 1 aliphatic carbocycles. The van der Waals surface area contributed by atoms with Gasteiger partial charge < -0.3 is 4.90 Å². The molecule has 0 N–H and O–H groups in total. The summed E-state index contributed by atoms with van der Waals surface area (Å²) in [4.78, 5) is 25.1. The molecule has 1 aliphatic heterocycles. The number of rotatable bonds is 4. The van der Waals surface area contributed by atoms with Gasteiger partial charge in [-0.3, -0.25) is 14.3 Å². The first-order valence-electron chi connectivity index (χ1n) is 10.9. The number of benzene rings is 1. The molecular weight excluding hydrogens is 399 g/mol. The maximum absolute atomic E-state index is 14.0. The Morgan fingerprint density at radius 3 is 2.63 bits per heavy atom. The highest BCUT2D eigenvalue weighted by Crippen LogP contribution is 2.34. The van der Waals surface area contributed by atoms with E-state index in [4.69, 9.17) is 4.98 Å². The van der Waals surface area contributed by atoms with Crippen molar-refractivity contribution in [1.29, 1.82) is 0 Å². The van der Waals surface area contributed by atoms with Gasteiger partial charge in [0, 0.05) is 49.7 Å². The van der Waals surface area contributed by atoms with Crippen LogP contribution in [0.5, 0.6) is 0 Å². The zero-order valence-electron chi connectivity index (χ0n) is 17.4. The second-order valence-electron chi connectivity index (χ2n) is 8.21. The van der Waals surface area contributed by atoms with Gasteiger partial charge in [0.2, 0.25) is 5.95 Å². The SMILES string of the molecule is CCn1c(N2CCN(Cc3ccccc3F)CC2)nc2sc3c(c2c1=O)CCCC3. The van der Waals surface area contributed by atoms with Crippen molar-refractivity contribution in [3.63, 3.8) is 0 Å². The fourth-order valence-electron chi connectivity index (χ4n) is 4.73. The maximum Gasteiger partial charge on any atom is 0.263 e. The van der Waals surface area contributed by atoms with Crippen LogP contribution in [0.15, 0.2) is 29.1 Å². The number of aryl methyl sites for hydroxylation is 2. The monoisotopic (exact) mass is 426 g/mol. The lowest BCUT2D eigenvalue weighted by Crippen LogP contribution is -2.48. The highest BCUT2D eigenvalue weighted by Gasteiger charge is 2.25. The zero-order chi connectivity index (χ0) is 20.7. The fourth-order valence-corrected chi connectivity index (χ4v) is 5.97. The Morgan fingerprint density at radius 2 is 1.87 bits per heavy atom. The van der Waals surface area contributed by atoms with Crippen molar-refractivity contribution in [1.82, 2.24) is 14.5 Å². The summed E-state index contributed by atoms with van der Waals surface area (Å²) in [6.45, 7) is 6.49. The molecule has 0 bridgehead atoms. The minimum atomic E-state index is -0.145. The molecular formula is C23H27FN4OS. The molecule has 0 amide bonds. The van der Waals surface area contributed by atoms with Crippen LogP contribution < -0.4 is 10.5 Å². The van der Waals surface area contributed by atoms with E-state index in [2.05, 4.69) is 9.80 Å². The quantitative estimate of drug-likeness (QED) is 0.636. The van der Waals surface area contributed by atoms with Crippen LogP contribution in [0.4, 0.5) is 10.3 Å². The van der Waals surface area contributed by atoms with E-state index in [9.17, 15) is 9.18 Å². The first-order chi connectivity index (χ1) is 14.7. The van der Waals surface area contributed by atoms with Crippen LogP contribution in [0, 0.1) is 5.82 Å². The molecule has 2 aromatic heterocycles. The number of aromatic nitrogens is 2. The van der Waals surface area contributed by atoms with Crippen LogP contribution in [0.2, 0.25) is 0 Å². The topological polar surface area (TPSA) is 41.4 Å². The molecule has 158 valence electrons. The standard InChI is InChI=1S/C23H27FN4OS/c1-2-28-22(29)20-17-8-4-6-10-19(17)30-21(20)25-23(28)27-13-11-26(12-14-27)15-16-7-3-5-9-18(16)24/h3,5,7,9H,2,4,6,8,10-15H2,1H3. The van der Waals surface area contributed by atoms with Gasteiger partial charge in [0.25, 0.3) is 5.56 Å². The molecule has 30 heavy (non-hydrogen) atoms. The molecule has 5 nitrogen and oxygen atoms in total. The summed E-state index contributed by atoms with van der Waals surface area (Å²) in [5, 5.41) is 0.860. The molecule has 3 aromatic rings. The lowest BCUT2D eigenvalue weighted by molar-refractivity contribution is 0.244. The van der Waals surface area contributed by atoms with Crippen LogP contribution >= 0.6 is 11.3 Å². The molecule has 0 unspecified atom stereocenters. The van der Waals surface area contributed by atoms with Crippen LogP contribution in [0.25, 0.3) is 10.2 Å². The summed E-state index contributed by atoms with van der Waals surface area (Å²) >= 11 is 1.71. The molecule has 0 saturated carbocycles. The van der Waals surface area contributed by atoms with Crippen molar-refractivity contribution in [3.8, 4) is 0 Å². The second-order valence-corrected chi connectivity index (χ2v) is 9.29. The maximum atomic E-state index is 14.0. The van der Waals surface area contributed by atoms with Gasteiger partial charge in [0.15, 0.2) is 0 Å². The number of halogens is 1. The van der Waals surface area contributed by atoms with Gasteiger partial charge in [0.05, 0.1) is 5.39 Å². The van der Waals surface area contributed by atoms with Crippen LogP contribution in [-0.4, -0.2) is 40.6 Å². The minimum Gasteiger partial charge on any atom is -0.340 e. The first-order valence-corrected chi connectivity index (χ1v) is 11.7. The molecule has 0 radical (unpaired) electrons. The van der Waals surface area contributed by atoms with Gasteiger partial charge in [0.1, 0.15) is 10.6 Å². The van der Waals surface area contributed by atoms with Crippen LogP contribution in [0.1, 0.15) is 35.8 Å². The van der Waals surface area contributed by atoms with E-state index in [0.717, 1.165) is 67.2 Å². The average Bonchev–Trinajstić information content (AvgIpc) is 3.14. The number of anilines is 1. The van der Waals surface area contributed by atoms with Gasteiger partial charge in [-0.05, 0) is 44.2 Å². The van der Waals surface area contributed by atoms with Gasteiger partial charge in [-0.1, -0.05) is 18.2 Å². The van der Waals surface area contributed by atoms with Gasteiger partial charge in [-0.15, -0.1) is 11.3 Å². The summed E-state index contributed by atoms with van der Waals surface area (Å²) in [6, 6.07) is 6.98. The lowest BCUT2D eigenvalue weighted by atomic mass is 9.97. The van der Waals surface area contributed by atoms with E-state index in [1.807, 2.05) is 23.6 Å². The second kappa shape index (κ2) is 8.12. The number of nitrogens with zero attached hydrogens (tertiary/aromatic N) is 4. The summed E-state index contributed by atoms with van der Waals surface area (Å²) in [5.41, 5.74) is 2.10. The highest BCUT2D eigenvalue weighted by atomic mass is 32.1. The first kappa shape index (κ1) is 19.7. The average molecular weight is 427 g/mol. The van der Waals surface area contributed by atoms with Gasteiger partial charge in [-0.25, -0.2) is 9.37 Å². The van der Waals surface area contributed by atoms with Crippen molar-refractivity contribution in [2.45, 2.75) is 45.7 Å². The van der Waals surface area contributed by atoms with E-state index >= 15 is 0 Å². The third-order valence-electron chi connectivity index (χ3n) is 6.38. The van der Waals surface area contributed by atoms with E-state index in [0.29, 0.717) is 13.1 Å². The molecule has 7 heteroatoms. The summed E-state index contributed by atoms with van der Waals surface area (Å²) in [5.74, 6) is 0.646. The lowest BCUT2D eigenvalue weighted by Gasteiger charge is -2.36. The Hall–Kier alpha value is -2.25. The molecule has 1 fully saturated rings. The van der Waals surface area contributed by atoms with Crippen molar-refractivity contribution in [3.05, 3.63) is 56.4 Å².